The molecule has 1 aromatic heterocycles. The van der Waals surface area contributed by atoms with Gasteiger partial charge in [0.1, 0.15) is 11.2 Å². The molecule has 56 heavy (non-hydrogen) atoms. The molecule has 264 valence electrons. The van der Waals surface area contributed by atoms with Crippen LogP contribution in [0.5, 0.6) is 0 Å². The first-order chi connectivity index (χ1) is 27.6. The lowest BCUT2D eigenvalue weighted by Gasteiger charge is -2.29. The van der Waals surface area contributed by atoms with Crippen LogP contribution in [0.15, 0.2) is 211 Å². The van der Waals surface area contributed by atoms with Gasteiger partial charge in [-0.05, 0) is 111 Å². The highest BCUT2D eigenvalue weighted by atomic mass is 16.3. The molecular weight excluding hydrogens is 679 g/mol. The average molecular weight is 716 g/mol. The second kappa shape index (κ2) is 12.7. The molecule has 2 nitrogen and oxygen atoms in total. The molecule has 1 aliphatic rings. The quantitative estimate of drug-likeness (QED) is 0.170. The van der Waals surface area contributed by atoms with Crippen LogP contribution in [0.25, 0.3) is 66.1 Å². The van der Waals surface area contributed by atoms with Crippen molar-refractivity contribution in [2.24, 2.45) is 0 Å². The standard InChI is InChI=1S/C54H37NO/c1-54(47-20-9-7-18-44(47)45-19-8-10-21-48(45)54)49-22-12-24-51-53(49)46-34-31-40(35-52(46)56-51)38-27-25-36(26-28-38)37-29-32-42(33-30-37)55(41-15-3-2-4-16-41)50-23-11-14-39-13-5-6-17-43(39)50/h2-35H,1H3. The maximum Gasteiger partial charge on any atom is 0.136 e. The van der Waals surface area contributed by atoms with E-state index in [1.54, 1.807) is 0 Å². The van der Waals surface area contributed by atoms with Gasteiger partial charge in [-0.25, -0.2) is 0 Å². The Bertz CT molecular complexity index is 3030. The average Bonchev–Trinajstić information content (AvgIpc) is 3.77. The first-order valence-electron chi connectivity index (χ1n) is 19.3. The first-order valence-corrected chi connectivity index (χ1v) is 19.3. The third-order valence-corrected chi connectivity index (χ3v) is 12.0. The SMILES string of the molecule is CC1(c2cccc3oc4cc(-c5ccc(-c6ccc(N(c7ccccc7)c7cccc8ccccc78)cc6)cc5)ccc4c23)c2ccccc2-c2ccccc21. The van der Waals surface area contributed by atoms with Gasteiger partial charge in [0, 0.05) is 32.9 Å². The number of rotatable bonds is 6. The van der Waals surface area contributed by atoms with E-state index in [-0.39, 0.29) is 5.41 Å². The van der Waals surface area contributed by atoms with Crippen molar-refractivity contribution in [3.63, 3.8) is 0 Å². The van der Waals surface area contributed by atoms with Crippen molar-refractivity contribution in [2.75, 3.05) is 4.90 Å². The maximum absolute atomic E-state index is 6.64. The van der Waals surface area contributed by atoms with Crippen LogP contribution < -0.4 is 4.90 Å². The number of hydrogen-bond acceptors (Lipinski definition) is 2. The Hall–Kier alpha value is -7.16. The number of para-hydroxylation sites is 1. The summed E-state index contributed by atoms with van der Waals surface area (Å²) >= 11 is 0. The predicted octanol–water partition coefficient (Wildman–Crippen LogP) is 14.9. The third-order valence-electron chi connectivity index (χ3n) is 12.0. The lowest BCUT2D eigenvalue weighted by atomic mass is 9.73. The van der Waals surface area contributed by atoms with Crippen LogP contribution in [-0.4, -0.2) is 0 Å². The summed E-state index contributed by atoms with van der Waals surface area (Å²) in [5.74, 6) is 0. The molecule has 0 radical (unpaired) electrons. The molecule has 1 heterocycles. The van der Waals surface area contributed by atoms with Crippen LogP contribution >= 0.6 is 0 Å². The van der Waals surface area contributed by atoms with Crippen molar-refractivity contribution in [1.82, 2.24) is 0 Å². The minimum absolute atomic E-state index is 0.300. The van der Waals surface area contributed by atoms with E-state index in [0.717, 1.165) is 44.7 Å². The summed E-state index contributed by atoms with van der Waals surface area (Å²) in [5.41, 5.74) is 16.2. The monoisotopic (exact) mass is 715 g/mol. The molecule has 1 aliphatic carbocycles. The summed E-state index contributed by atoms with van der Waals surface area (Å²) in [6.07, 6.45) is 0. The fraction of sp³-hybridized carbons (Fsp3) is 0.0370. The van der Waals surface area contributed by atoms with E-state index in [1.807, 2.05) is 0 Å². The van der Waals surface area contributed by atoms with Gasteiger partial charge in [0.15, 0.2) is 0 Å². The largest absolute Gasteiger partial charge is 0.456 e. The van der Waals surface area contributed by atoms with Gasteiger partial charge in [-0.15, -0.1) is 0 Å². The molecule has 0 bridgehead atoms. The van der Waals surface area contributed by atoms with Crippen LogP contribution in [0.2, 0.25) is 0 Å². The smallest absolute Gasteiger partial charge is 0.136 e. The Kier molecular flexibility index (Phi) is 7.33. The van der Waals surface area contributed by atoms with Crippen molar-refractivity contribution < 1.29 is 4.42 Å². The Balaban J connectivity index is 0.926. The van der Waals surface area contributed by atoms with Gasteiger partial charge in [0.25, 0.3) is 0 Å². The summed E-state index contributed by atoms with van der Waals surface area (Å²) in [6, 6.07) is 74.5. The van der Waals surface area contributed by atoms with Gasteiger partial charge in [-0.1, -0.05) is 158 Å². The molecule has 0 atom stereocenters. The number of hydrogen-bond donors (Lipinski definition) is 0. The van der Waals surface area contributed by atoms with E-state index in [1.165, 1.54) is 55.1 Å². The predicted molar refractivity (Wildman–Crippen MR) is 234 cm³/mol. The third kappa shape index (κ3) is 4.96. The molecular formula is C54H37NO. The van der Waals surface area contributed by atoms with Crippen molar-refractivity contribution in [2.45, 2.75) is 12.3 Å². The minimum atomic E-state index is -0.300. The maximum atomic E-state index is 6.64. The number of fused-ring (bicyclic) bond motifs is 7. The minimum Gasteiger partial charge on any atom is -0.456 e. The summed E-state index contributed by atoms with van der Waals surface area (Å²) < 4.78 is 6.64. The highest BCUT2D eigenvalue weighted by molar-refractivity contribution is 6.09. The van der Waals surface area contributed by atoms with Crippen LogP contribution in [0.1, 0.15) is 23.6 Å². The summed E-state index contributed by atoms with van der Waals surface area (Å²) in [7, 11) is 0. The Morgan fingerprint density at radius 1 is 0.393 bits per heavy atom. The van der Waals surface area contributed by atoms with E-state index in [4.69, 9.17) is 4.42 Å². The molecule has 0 aliphatic heterocycles. The number of anilines is 3. The zero-order valence-corrected chi connectivity index (χ0v) is 31.0. The molecule has 0 N–H and O–H groups in total. The van der Waals surface area contributed by atoms with E-state index >= 15 is 0 Å². The molecule has 11 rings (SSSR count). The second-order valence-electron chi connectivity index (χ2n) is 15.0. The van der Waals surface area contributed by atoms with Gasteiger partial charge in [-0.2, -0.15) is 0 Å². The van der Waals surface area contributed by atoms with Gasteiger partial charge < -0.3 is 9.32 Å². The van der Waals surface area contributed by atoms with Crippen molar-refractivity contribution in [3.05, 3.63) is 223 Å². The van der Waals surface area contributed by atoms with E-state index in [0.29, 0.717) is 0 Å². The van der Waals surface area contributed by atoms with E-state index in [9.17, 15) is 0 Å². The molecule has 0 spiro atoms. The van der Waals surface area contributed by atoms with Crippen molar-refractivity contribution in [1.29, 1.82) is 0 Å². The molecule has 0 saturated heterocycles. The van der Waals surface area contributed by atoms with E-state index < -0.39 is 0 Å². The summed E-state index contributed by atoms with van der Waals surface area (Å²) in [5, 5.41) is 4.78. The van der Waals surface area contributed by atoms with Gasteiger partial charge >= 0.3 is 0 Å². The molecule has 0 unspecified atom stereocenters. The first kappa shape index (κ1) is 32.3. The fourth-order valence-corrected chi connectivity index (χ4v) is 9.23. The van der Waals surface area contributed by atoms with Crippen LogP contribution in [0.4, 0.5) is 17.1 Å². The normalized spacial score (nSPS) is 12.9. The Morgan fingerprint density at radius 2 is 0.929 bits per heavy atom. The van der Waals surface area contributed by atoms with Crippen LogP contribution in [0.3, 0.4) is 0 Å². The topological polar surface area (TPSA) is 16.4 Å². The molecule has 0 saturated carbocycles. The van der Waals surface area contributed by atoms with Gasteiger partial charge in [0.2, 0.25) is 0 Å². The van der Waals surface area contributed by atoms with Gasteiger partial charge in [0.05, 0.1) is 5.69 Å². The fourth-order valence-electron chi connectivity index (χ4n) is 9.23. The van der Waals surface area contributed by atoms with Gasteiger partial charge in [-0.3, -0.25) is 0 Å². The van der Waals surface area contributed by atoms with Crippen molar-refractivity contribution >= 4 is 49.8 Å². The van der Waals surface area contributed by atoms with E-state index in [2.05, 4.69) is 218 Å². The Labute approximate surface area is 326 Å². The Morgan fingerprint density at radius 3 is 1.66 bits per heavy atom. The summed E-state index contributed by atoms with van der Waals surface area (Å²) in [4.78, 5) is 2.35. The second-order valence-corrected chi connectivity index (χ2v) is 15.0. The summed E-state index contributed by atoms with van der Waals surface area (Å²) in [6.45, 7) is 2.37. The molecule has 2 heteroatoms. The van der Waals surface area contributed by atoms with Crippen LogP contribution in [-0.2, 0) is 5.41 Å². The zero-order valence-electron chi connectivity index (χ0n) is 31.0. The van der Waals surface area contributed by atoms with Crippen LogP contribution in [0, 0.1) is 0 Å². The zero-order chi connectivity index (χ0) is 37.2. The molecule has 0 fully saturated rings. The molecule has 0 amide bonds. The lowest BCUT2D eigenvalue weighted by Crippen LogP contribution is -2.22. The number of benzene rings is 9. The number of nitrogens with zero attached hydrogens (tertiary/aromatic N) is 1. The highest BCUT2D eigenvalue weighted by Gasteiger charge is 2.41. The highest BCUT2D eigenvalue weighted by Crippen LogP contribution is 2.54. The molecule has 9 aromatic carbocycles. The lowest BCUT2D eigenvalue weighted by molar-refractivity contribution is 0.666. The molecule has 10 aromatic rings. The van der Waals surface area contributed by atoms with Crippen molar-refractivity contribution in [3.8, 4) is 33.4 Å². The number of furan rings is 1.